The number of para-hydroxylation sites is 1. The van der Waals surface area contributed by atoms with Crippen LogP contribution in [0.1, 0.15) is 28.0 Å². The molecule has 6 nitrogen and oxygen atoms in total. The molecule has 1 aliphatic rings. The predicted octanol–water partition coefficient (Wildman–Crippen LogP) is 4.44. The first-order valence-corrected chi connectivity index (χ1v) is 11.0. The second-order valence-electron chi connectivity index (χ2n) is 5.50. The average Bonchev–Trinajstić information content (AvgIpc) is 3.39. The summed E-state index contributed by atoms with van der Waals surface area (Å²) in [4.78, 5) is 17.3. The van der Waals surface area contributed by atoms with Gasteiger partial charge in [-0.05, 0) is 12.5 Å². The molecule has 9 heteroatoms. The number of aliphatic imine (C=N–C) groups is 1. The van der Waals surface area contributed by atoms with E-state index in [1.807, 2.05) is 31.2 Å². The smallest absolute Gasteiger partial charge is 0.293 e. The lowest BCUT2D eigenvalue weighted by Gasteiger charge is -2.03. The van der Waals surface area contributed by atoms with Crippen LogP contribution in [-0.2, 0) is 12.2 Å². The molecule has 2 aromatic heterocycles. The van der Waals surface area contributed by atoms with Gasteiger partial charge in [-0.2, -0.15) is 0 Å². The summed E-state index contributed by atoms with van der Waals surface area (Å²) in [5.41, 5.74) is 1.60. The zero-order valence-electron chi connectivity index (χ0n) is 14.0. The Morgan fingerprint density at radius 1 is 1.35 bits per heavy atom. The summed E-state index contributed by atoms with van der Waals surface area (Å²) in [6.45, 7) is 2.87. The number of thioether (sulfide) groups is 2. The summed E-state index contributed by atoms with van der Waals surface area (Å²) >= 11 is 4.79. The minimum atomic E-state index is -0.295. The summed E-state index contributed by atoms with van der Waals surface area (Å²) in [5.74, 6) is 1.70. The van der Waals surface area contributed by atoms with E-state index in [2.05, 4.69) is 20.5 Å². The van der Waals surface area contributed by atoms with Crippen molar-refractivity contribution < 1.29 is 9.21 Å². The Morgan fingerprint density at radius 3 is 3.00 bits per heavy atom. The largest absolute Gasteiger partial charge is 0.451 e. The van der Waals surface area contributed by atoms with Gasteiger partial charge in [0.05, 0.1) is 6.54 Å². The number of anilines is 1. The lowest BCUT2D eigenvalue weighted by atomic mass is 10.1. The van der Waals surface area contributed by atoms with Crippen molar-refractivity contribution in [2.24, 2.45) is 4.99 Å². The Balaban J connectivity index is 1.61. The van der Waals surface area contributed by atoms with Crippen molar-refractivity contribution in [1.29, 1.82) is 0 Å². The highest BCUT2D eigenvalue weighted by Gasteiger charge is 2.22. The van der Waals surface area contributed by atoms with Gasteiger partial charge in [-0.1, -0.05) is 60.0 Å². The number of nitrogens with zero attached hydrogens (tertiary/aromatic N) is 3. The number of hydrogen-bond acceptors (Lipinski definition) is 8. The molecule has 3 aromatic rings. The van der Waals surface area contributed by atoms with Gasteiger partial charge in [0.25, 0.3) is 5.91 Å². The van der Waals surface area contributed by atoms with Crippen molar-refractivity contribution in [1.82, 2.24) is 10.2 Å². The molecule has 1 aliphatic heterocycles. The number of hydrogen-bond donors (Lipinski definition) is 1. The summed E-state index contributed by atoms with van der Waals surface area (Å²) < 4.78 is 6.93. The number of benzene rings is 1. The Morgan fingerprint density at radius 2 is 2.23 bits per heavy atom. The first kappa shape index (κ1) is 17.6. The van der Waals surface area contributed by atoms with Gasteiger partial charge in [0.2, 0.25) is 5.13 Å². The second-order valence-corrected chi connectivity index (χ2v) is 8.87. The van der Waals surface area contributed by atoms with E-state index in [0.717, 1.165) is 39.1 Å². The molecule has 0 atom stereocenters. The van der Waals surface area contributed by atoms with Crippen LogP contribution in [0.4, 0.5) is 5.13 Å². The van der Waals surface area contributed by atoms with Crippen molar-refractivity contribution >= 4 is 61.2 Å². The van der Waals surface area contributed by atoms with E-state index in [-0.39, 0.29) is 5.91 Å². The second kappa shape index (κ2) is 7.81. The van der Waals surface area contributed by atoms with Crippen molar-refractivity contribution in [2.45, 2.75) is 19.1 Å². The van der Waals surface area contributed by atoms with Crippen LogP contribution in [0, 0.1) is 0 Å². The molecule has 0 saturated carbocycles. The first-order valence-electron chi connectivity index (χ1n) is 8.18. The van der Waals surface area contributed by atoms with Crippen molar-refractivity contribution in [2.75, 3.05) is 17.6 Å². The van der Waals surface area contributed by atoms with E-state index in [1.165, 1.54) is 11.3 Å². The van der Waals surface area contributed by atoms with Crippen LogP contribution >= 0.6 is 34.9 Å². The number of rotatable bonds is 5. The van der Waals surface area contributed by atoms with E-state index in [9.17, 15) is 4.79 Å². The van der Waals surface area contributed by atoms with Gasteiger partial charge in [-0.3, -0.25) is 15.1 Å². The SMILES string of the molecule is CCc1nnc(NC(=O)c2oc3ccccc3c2CSC2=NCCS2)s1. The van der Waals surface area contributed by atoms with E-state index >= 15 is 0 Å². The number of amides is 1. The molecule has 3 heterocycles. The Bertz CT molecular complexity index is 979. The highest BCUT2D eigenvalue weighted by Crippen LogP contribution is 2.33. The highest BCUT2D eigenvalue weighted by atomic mass is 32.2. The molecule has 1 amide bonds. The summed E-state index contributed by atoms with van der Waals surface area (Å²) in [6, 6.07) is 7.71. The number of nitrogens with one attached hydrogen (secondary N) is 1. The monoisotopic (exact) mass is 404 g/mol. The van der Waals surface area contributed by atoms with E-state index in [4.69, 9.17) is 4.42 Å². The Kier molecular flexibility index (Phi) is 5.28. The fraction of sp³-hybridized carbons (Fsp3) is 0.294. The molecule has 0 aliphatic carbocycles. The third kappa shape index (κ3) is 3.65. The fourth-order valence-electron chi connectivity index (χ4n) is 2.56. The van der Waals surface area contributed by atoms with Crippen LogP contribution in [0.3, 0.4) is 0 Å². The van der Waals surface area contributed by atoms with Crippen molar-refractivity contribution in [3.05, 3.63) is 40.6 Å². The highest BCUT2D eigenvalue weighted by molar-refractivity contribution is 8.38. The normalized spacial score (nSPS) is 14.0. The summed E-state index contributed by atoms with van der Waals surface area (Å²) in [5, 5.41) is 13.2. The van der Waals surface area contributed by atoms with Gasteiger partial charge in [0, 0.05) is 22.5 Å². The predicted molar refractivity (Wildman–Crippen MR) is 110 cm³/mol. The molecule has 0 saturated heterocycles. The van der Waals surface area contributed by atoms with Gasteiger partial charge >= 0.3 is 0 Å². The molecule has 1 aromatic carbocycles. The Hall–Kier alpha value is -1.84. The standard InChI is InChI=1S/C17H16N4O2S3/c1-2-13-20-21-16(26-13)19-15(22)14-11(9-25-17-18-7-8-24-17)10-5-3-4-6-12(10)23-14/h3-6H,2,7-9H2,1H3,(H,19,21,22). The number of aryl methyl sites for hydroxylation is 1. The van der Waals surface area contributed by atoms with Gasteiger partial charge in [0.1, 0.15) is 15.0 Å². The Labute approximate surface area is 162 Å². The van der Waals surface area contributed by atoms with Crippen LogP contribution in [0.2, 0.25) is 0 Å². The van der Waals surface area contributed by atoms with Crippen LogP contribution in [-0.4, -0.2) is 32.8 Å². The van der Waals surface area contributed by atoms with Crippen molar-refractivity contribution in [3.8, 4) is 0 Å². The maximum absolute atomic E-state index is 12.8. The van der Waals surface area contributed by atoms with Crippen LogP contribution < -0.4 is 5.32 Å². The fourth-order valence-corrected chi connectivity index (χ4v) is 5.27. The zero-order valence-corrected chi connectivity index (χ0v) is 16.5. The summed E-state index contributed by atoms with van der Waals surface area (Å²) in [6.07, 6.45) is 0.792. The van der Waals surface area contributed by atoms with Crippen molar-refractivity contribution in [3.63, 3.8) is 0 Å². The van der Waals surface area contributed by atoms with Gasteiger partial charge in [-0.15, -0.1) is 10.2 Å². The lowest BCUT2D eigenvalue weighted by Crippen LogP contribution is -2.12. The molecule has 0 spiro atoms. The lowest BCUT2D eigenvalue weighted by molar-refractivity contribution is 0.0997. The number of carbonyl (C=O) groups excluding carboxylic acids is 1. The number of fused-ring (bicyclic) bond motifs is 1. The molecule has 26 heavy (non-hydrogen) atoms. The van der Waals surface area contributed by atoms with Gasteiger partial charge in [-0.25, -0.2) is 0 Å². The molecule has 134 valence electrons. The molecule has 0 unspecified atom stereocenters. The van der Waals surface area contributed by atoms with E-state index in [1.54, 1.807) is 23.5 Å². The van der Waals surface area contributed by atoms with E-state index < -0.39 is 0 Å². The maximum atomic E-state index is 12.8. The minimum absolute atomic E-state index is 0.295. The molecule has 0 fully saturated rings. The molecule has 4 rings (SSSR count). The number of furan rings is 1. The van der Waals surface area contributed by atoms with Crippen LogP contribution in [0.5, 0.6) is 0 Å². The van der Waals surface area contributed by atoms with Crippen LogP contribution in [0.15, 0.2) is 33.7 Å². The topological polar surface area (TPSA) is 80.4 Å². The zero-order chi connectivity index (χ0) is 17.9. The average molecular weight is 405 g/mol. The molecular formula is C17H16N4O2S3. The number of aromatic nitrogens is 2. The third-order valence-corrected chi connectivity index (χ3v) is 7.05. The van der Waals surface area contributed by atoms with Gasteiger partial charge in [0.15, 0.2) is 5.76 Å². The molecular weight excluding hydrogens is 388 g/mol. The quantitative estimate of drug-likeness (QED) is 0.677. The molecule has 0 radical (unpaired) electrons. The summed E-state index contributed by atoms with van der Waals surface area (Å²) in [7, 11) is 0. The number of carbonyl (C=O) groups is 1. The third-order valence-electron chi connectivity index (χ3n) is 3.79. The molecule has 0 bridgehead atoms. The first-order chi connectivity index (χ1) is 12.7. The van der Waals surface area contributed by atoms with E-state index in [0.29, 0.717) is 22.2 Å². The minimum Gasteiger partial charge on any atom is -0.451 e. The van der Waals surface area contributed by atoms with Gasteiger partial charge < -0.3 is 4.42 Å². The van der Waals surface area contributed by atoms with Crippen LogP contribution in [0.25, 0.3) is 11.0 Å². The molecule has 1 N–H and O–H groups in total. The maximum Gasteiger partial charge on any atom is 0.293 e.